The number of benzene rings is 4. The van der Waals surface area contributed by atoms with Crippen LogP contribution in [0.25, 0.3) is 0 Å². The molecule has 0 radical (unpaired) electrons. The molecule has 6 fully saturated rings. The number of nitrogens with zero attached hydrogens (tertiary/aromatic N) is 9. The fourth-order valence-corrected chi connectivity index (χ4v) is 13.5. The van der Waals surface area contributed by atoms with Crippen molar-refractivity contribution in [3.05, 3.63) is 117 Å². The van der Waals surface area contributed by atoms with Crippen LogP contribution in [-0.2, 0) is 22.7 Å². The van der Waals surface area contributed by atoms with Gasteiger partial charge in [-0.2, -0.15) is 32.9 Å². The van der Waals surface area contributed by atoms with Gasteiger partial charge in [0.1, 0.15) is 11.5 Å². The van der Waals surface area contributed by atoms with Crippen LogP contribution in [0.3, 0.4) is 0 Å². The van der Waals surface area contributed by atoms with E-state index in [0.717, 1.165) is 84.1 Å². The largest absolute Gasteiger partial charge is 0.453 e. The summed E-state index contributed by atoms with van der Waals surface area (Å²) in [7, 11) is -2.30. The number of nitrogens with two attached hydrogens (primary N) is 1. The summed E-state index contributed by atoms with van der Waals surface area (Å²) in [5.41, 5.74) is 2.07. The van der Waals surface area contributed by atoms with Crippen molar-refractivity contribution in [3.63, 3.8) is 0 Å². The molecule has 6 aliphatic rings. The number of hydrogen-bond donors (Lipinski definition) is 2. The molecule has 74 heavy (non-hydrogen) atoms. The van der Waals surface area contributed by atoms with Crippen molar-refractivity contribution in [2.45, 2.75) is 26.1 Å². The molecule has 3 N–H and O–H groups in total. The highest BCUT2D eigenvalue weighted by atomic mass is 32.1. The average Bonchev–Trinajstić information content (AvgIpc) is 4.15. The van der Waals surface area contributed by atoms with Gasteiger partial charge in [0.25, 0.3) is 11.8 Å². The summed E-state index contributed by atoms with van der Waals surface area (Å²) < 4.78 is 72.2. The van der Waals surface area contributed by atoms with E-state index in [1.807, 2.05) is 25.6 Å². The quantitative estimate of drug-likeness (QED) is 0.0388. The fourth-order valence-electron chi connectivity index (χ4n) is 7.26. The second kappa shape index (κ2) is 24.3. The van der Waals surface area contributed by atoms with Crippen LogP contribution in [0.2, 0.25) is 0 Å². The van der Waals surface area contributed by atoms with Crippen LogP contribution in [0.1, 0.15) is 57.9 Å². The van der Waals surface area contributed by atoms with Crippen LogP contribution >= 0.6 is 50.0 Å². The zero-order valence-corrected chi connectivity index (χ0v) is 46.7. The molecule has 404 valence electrons. The van der Waals surface area contributed by atoms with Gasteiger partial charge < -0.3 is 29.0 Å². The average molecular weight is 1120 g/mol. The maximum absolute atomic E-state index is 13.3. The topological polar surface area (TPSA) is 245 Å². The van der Waals surface area contributed by atoms with Crippen LogP contribution in [0.4, 0.5) is 5.69 Å². The Labute approximate surface area is 444 Å². The van der Waals surface area contributed by atoms with Crippen LogP contribution in [0.5, 0.6) is 28.7 Å². The van der Waals surface area contributed by atoms with Crippen molar-refractivity contribution < 1.29 is 56.5 Å². The van der Waals surface area contributed by atoms with Crippen LogP contribution in [0, 0.1) is 10.1 Å². The molecule has 6 aliphatic heterocycles. The van der Waals surface area contributed by atoms with Crippen molar-refractivity contribution in [2.24, 2.45) is 5.90 Å². The van der Waals surface area contributed by atoms with Crippen LogP contribution in [0.15, 0.2) is 84.9 Å². The molecule has 2 amide bonds. The van der Waals surface area contributed by atoms with Crippen molar-refractivity contribution in [1.29, 1.82) is 0 Å². The molecular formula is C46H65N10O13P3S2. The molecule has 0 aromatic heterocycles. The minimum atomic E-state index is -3.05. The summed E-state index contributed by atoms with van der Waals surface area (Å²) in [5, 5.41) is 11.6. The first-order valence-corrected chi connectivity index (χ1v) is 28.0. The van der Waals surface area contributed by atoms with Gasteiger partial charge in [0, 0.05) is 124 Å². The first kappa shape index (κ1) is 58.9. The number of carbonyl (C=O) groups is 2. The Morgan fingerprint density at radius 2 is 0.946 bits per heavy atom. The van der Waals surface area contributed by atoms with E-state index in [1.165, 1.54) is 28.0 Å². The van der Waals surface area contributed by atoms with Gasteiger partial charge in [-0.05, 0) is 85.6 Å². The van der Waals surface area contributed by atoms with Gasteiger partial charge in [-0.25, -0.2) is 28.0 Å². The van der Waals surface area contributed by atoms with Gasteiger partial charge in [-0.15, -0.1) is 0 Å². The van der Waals surface area contributed by atoms with Gasteiger partial charge in [-0.3, -0.25) is 42.4 Å². The third-order valence-corrected chi connectivity index (χ3v) is 19.9. The van der Waals surface area contributed by atoms with E-state index in [4.69, 9.17) is 29.3 Å². The Hall–Kier alpha value is -4.39. The zero-order valence-electron chi connectivity index (χ0n) is 42.0. The number of rotatable bonds is 20. The summed E-state index contributed by atoms with van der Waals surface area (Å²) in [6.45, 7) is 12.9. The lowest BCUT2D eigenvalue weighted by atomic mass is 10.1. The Kier molecular flexibility index (Phi) is 19.3. The van der Waals surface area contributed by atoms with Gasteiger partial charge in [-0.1, -0.05) is 18.2 Å². The molecule has 23 nitrogen and oxygen atoms in total. The van der Waals surface area contributed by atoms with Crippen LogP contribution < -0.4 is 20.2 Å². The number of nitro benzene ring substituents is 1. The summed E-state index contributed by atoms with van der Waals surface area (Å²) in [4.78, 5) is 52.6. The molecule has 6 heterocycles. The van der Waals surface area contributed by atoms with E-state index in [0.29, 0.717) is 39.7 Å². The van der Waals surface area contributed by atoms with E-state index < -0.39 is 40.1 Å². The number of hydrogen-bond acceptors (Lipinski definition) is 13. The standard InChI is InChI=1S/C21H25N4O6P.C21H27N4O5P.C4H9N2O2P.2H2S/c1-15(31-32(29,23-9-10-23)24-11-12-24)16-7-8-19(25(27)28)20(14-16)30-18-6-4-5-17(13-18)21(26)22(2)3;1-15(30-31(27,24-9-10-24)25-11-12-25)16-7-8-19(29-22)20(14-16)28-18-6-4-5-17(13-18)21(26)23(2)3;7-9(8,5-1-2-5)6-3-4-6;;/h4-8,13-15H,9-12H2,1-3H3;4-8,13-15H,9-12,22H2,1-3H3;1-4H2,(H,7,8);2*1H2/t2*15-;;;/m00.../s1. The molecule has 6 saturated heterocycles. The number of ether oxygens (including phenoxy) is 2. The summed E-state index contributed by atoms with van der Waals surface area (Å²) in [5.74, 6) is 6.57. The lowest BCUT2D eigenvalue weighted by Gasteiger charge is -2.24. The lowest BCUT2D eigenvalue weighted by Crippen LogP contribution is -2.21. The number of nitro groups is 1. The van der Waals surface area contributed by atoms with Crippen molar-refractivity contribution in [2.75, 3.05) is 107 Å². The Morgan fingerprint density at radius 1 is 0.581 bits per heavy atom. The summed E-state index contributed by atoms with van der Waals surface area (Å²) >= 11 is 0. The van der Waals surface area contributed by atoms with Crippen molar-refractivity contribution >= 4 is 67.5 Å². The molecule has 10 rings (SSSR count). The zero-order chi connectivity index (χ0) is 51.7. The minimum absolute atomic E-state index is 0. The summed E-state index contributed by atoms with van der Waals surface area (Å²) in [6.07, 6.45) is -0.991. The fraction of sp³-hybridized carbons (Fsp3) is 0.435. The third-order valence-electron chi connectivity index (χ3n) is 11.9. The molecule has 0 bridgehead atoms. The molecule has 0 spiro atoms. The number of amides is 2. The Morgan fingerprint density at radius 3 is 1.30 bits per heavy atom. The predicted molar refractivity (Wildman–Crippen MR) is 288 cm³/mol. The Balaban J connectivity index is 0.000000201. The lowest BCUT2D eigenvalue weighted by molar-refractivity contribution is -0.385. The molecule has 0 aliphatic carbocycles. The molecule has 2 atom stereocenters. The van der Waals surface area contributed by atoms with Gasteiger partial charge in [0.2, 0.25) is 5.75 Å². The molecule has 0 unspecified atom stereocenters. The minimum Gasteiger partial charge on any atom is -0.453 e. The third kappa shape index (κ3) is 14.5. The molecular weight excluding hydrogens is 1060 g/mol. The second-order valence-electron chi connectivity index (χ2n) is 18.2. The first-order valence-electron chi connectivity index (χ1n) is 23.4. The van der Waals surface area contributed by atoms with Gasteiger partial charge in [0.05, 0.1) is 17.1 Å². The molecule has 4 aromatic carbocycles. The highest BCUT2D eigenvalue weighted by molar-refractivity contribution is 7.59. The van der Waals surface area contributed by atoms with E-state index in [9.17, 15) is 38.3 Å². The maximum atomic E-state index is 13.3. The van der Waals surface area contributed by atoms with E-state index >= 15 is 0 Å². The van der Waals surface area contributed by atoms with E-state index in [-0.39, 0.29) is 50.2 Å². The first-order chi connectivity index (χ1) is 34.2. The monoisotopic (exact) mass is 1120 g/mol. The van der Waals surface area contributed by atoms with Crippen molar-refractivity contribution in [1.82, 2.24) is 37.8 Å². The Bertz CT molecular complexity index is 2780. The van der Waals surface area contributed by atoms with Crippen molar-refractivity contribution in [3.8, 4) is 28.7 Å². The highest BCUT2D eigenvalue weighted by Gasteiger charge is 2.51. The van der Waals surface area contributed by atoms with E-state index in [2.05, 4.69) is 0 Å². The molecule has 4 aromatic rings. The SMILES string of the molecule is C[C@H](OP(=O)(N1CC1)N1CC1)c1ccc(ON)c(Oc2cccc(C(=O)N(C)C)c2)c1.C[C@H](OP(=O)(N1CC1)N1CC1)c1ccc([N+](=O)[O-])c(Oc2cccc(C(=O)N(C)C)c2)c1.O=P(O)(N1CC1)N1CC1.S.S. The van der Waals surface area contributed by atoms with Gasteiger partial charge in [0.15, 0.2) is 11.5 Å². The molecule has 0 saturated carbocycles. The predicted octanol–water partition coefficient (Wildman–Crippen LogP) is 7.10. The highest BCUT2D eigenvalue weighted by Crippen LogP contribution is 2.64. The molecule has 28 heteroatoms. The summed E-state index contributed by atoms with van der Waals surface area (Å²) in [6, 6.07) is 23.0. The second-order valence-corrected chi connectivity index (χ2v) is 25.0. The van der Waals surface area contributed by atoms with Crippen LogP contribution in [-0.4, -0.2) is 166 Å². The maximum Gasteiger partial charge on any atom is 0.346 e. The van der Waals surface area contributed by atoms with Gasteiger partial charge >= 0.3 is 28.7 Å². The normalized spacial score (nSPS) is 18.0. The smallest absolute Gasteiger partial charge is 0.346 e. The van der Waals surface area contributed by atoms with E-state index in [1.54, 1.807) is 111 Å². The number of carbonyl (C=O) groups excluding carboxylic acids is 2.